The largest absolute Gasteiger partial charge is 0.480 e. The number of nitrogens with zero attached hydrogens (tertiary/aromatic N) is 2. The molecule has 1 N–H and O–H groups in total. The van der Waals surface area contributed by atoms with E-state index in [0.717, 1.165) is 10.6 Å². The van der Waals surface area contributed by atoms with E-state index in [0.29, 0.717) is 6.42 Å². The molecule has 1 saturated heterocycles. The summed E-state index contributed by atoms with van der Waals surface area (Å²) in [5.74, 6) is -1.09. The number of sulfonamides is 1. The topological polar surface area (TPSA) is 77.9 Å². The van der Waals surface area contributed by atoms with Gasteiger partial charge in [0.15, 0.2) is 0 Å². The third kappa shape index (κ3) is 3.57. The number of carboxylic acid groups (broad SMARTS) is 1. The van der Waals surface area contributed by atoms with Crippen molar-refractivity contribution >= 4 is 16.0 Å². The van der Waals surface area contributed by atoms with Gasteiger partial charge in [-0.1, -0.05) is 27.7 Å². The first-order valence-electron chi connectivity index (χ1n) is 7.07. The van der Waals surface area contributed by atoms with Crippen molar-refractivity contribution in [3.63, 3.8) is 0 Å². The van der Waals surface area contributed by atoms with Gasteiger partial charge in [0.1, 0.15) is 6.04 Å². The Morgan fingerprint density at radius 2 is 1.67 bits per heavy atom. The highest BCUT2D eigenvalue weighted by Gasteiger charge is 2.51. The second-order valence-electron chi connectivity index (χ2n) is 7.59. The first-order valence-corrected chi connectivity index (χ1v) is 8.91. The molecule has 0 spiro atoms. The number of likely N-dealkylation sites (N-methyl/N-ethyl adjacent to an activating group) is 1. The summed E-state index contributed by atoms with van der Waals surface area (Å²) < 4.78 is 25.5. The smallest absolute Gasteiger partial charge is 0.323 e. The lowest BCUT2D eigenvalue weighted by Crippen LogP contribution is -2.55. The number of carbonyl (C=O) groups is 1. The maximum Gasteiger partial charge on any atom is 0.323 e. The van der Waals surface area contributed by atoms with Crippen LogP contribution in [0, 0.1) is 10.8 Å². The molecule has 0 aromatic carbocycles. The van der Waals surface area contributed by atoms with Crippen LogP contribution in [0.2, 0.25) is 0 Å². The normalized spacial score (nSPS) is 30.1. The Morgan fingerprint density at radius 1 is 1.19 bits per heavy atom. The van der Waals surface area contributed by atoms with Crippen LogP contribution in [0.3, 0.4) is 0 Å². The van der Waals surface area contributed by atoms with E-state index in [4.69, 9.17) is 0 Å². The molecule has 2 atom stereocenters. The molecule has 0 amide bonds. The SMILES string of the molecule is CN(C)C1CC(C)(C)C(C)(C)CN(S(C)(=O)=O)C1C(=O)O. The molecular weight excluding hydrogens is 292 g/mol. The number of aliphatic carboxylic acids is 1. The molecular formula is C14H28N2O4S. The van der Waals surface area contributed by atoms with Crippen molar-refractivity contribution in [2.24, 2.45) is 10.8 Å². The molecule has 0 saturated carbocycles. The highest BCUT2D eigenvalue weighted by Crippen LogP contribution is 2.47. The van der Waals surface area contributed by atoms with Crippen molar-refractivity contribution in [3.05, 3.63) is 0 Å². The van der Waals surface area contributed by atoms with Crippen LogP contribution < -0.4 is 0 Å². The van der Waals surface area contributed by atoms with Crippen LogP contribution in [0.4, 0.5) is 0 Å². The van der Waals surface area contributed by atoms with Crippen LogP contribution in [-0.2, 0) is 14.8 Å². The number of carboxylic acids is 1. The first kappa shape index (κ1) is 18.4. The van der Waals surface area contributed by atoms with Gasteiger partial charge >= 0.3 is 5.97 Å². The van der Waals surface area contributed by atoms with E-state index in [1.807, 2.05) is 18.7 Å². The van der Waals surface area contributed by atoms with Gasteiger partial charge in [-0.05, 0) is 31.3 Å². The summed E-state index contributed by atoms with van der Waals surface area (Å²) in [7, 11) is -0.00312. The van der Waals surface area contributed by atoms with Crippen molar-refractivity contribution < 1.29 is 18.3 Å². The lowest BCUT2D eigenvalue weighted by atomic mass is 9.65. The van der Waals surface area contributed by atoms with Gasteiger partial charge in [-0.2, -0.15) is 4.31 Å². The molecule has 1 aliphatic rings. The van der Waals surface area contributed by atoms with Gasteiger partial charge in [-0.3, -0.25) is 4.79 Å². The third-order valence-electron chi connectivity index (χ3n) is 5.12. The summed E-state index contributed by atoms with van der Waals surface area (Å²) in [6.07, 6.45) is 1.71. The molecule has 0 radical (unpaired) electrons. The van der Waals surface area contributed by atoms with Gasteiger partial charge in [0.2, 0.25) is 10.0 Å². The molecule has 0 aliphatic carbocycles. The van der Waals surface area contributed by atoms with Crippen LogP contribution in [0.25, 0.3) is 0 Å². The fourth-order valence-corrected chi connectivity index (χ4v) is 4.08. The van der Waals surface area contributed by atoms with E-state index in [9.17, 15) is 18.3 Å². The first-order chi connectivity index (χ1) is 9.21. The summed E-state index contributed by atoms with van der Waals surface area (Å²) in [5, 5.41) is 9.62. The molecule has 1 aliphatic heterocycles. The molecule has 1 fully saturated rings. The van der Waals surface area contributed by atoms with Crippen molar-refractivity contribution in [2.75, 3.05) is 26.9 Å². The molecule has 0 aromatic rings. The van der Waals surface area contributed by atoms with Crippen LogP contribution >= 0.6 is 0 Å². The van der Waals surface area contributed by atoms with Gasteiger partial charge < -0.3 is 10.0 Å². The van der Waals surface area contributed by atoms with Crippen molar-refractivity contribution in [3.8, 4) is 0 Å². The minimum atomic E-state index is -3.61. The number of rotatable bonds is 3. The van der Waals surface area contributed by atoms with Crippen LogP contribution in [0.1, 0.15) is 34.1 Å². The molecule has 7 heteroatoms. The average molecular weight is 320 g/mol. The lowest BCUT2D eigenvalue weighted by molar-refractivity contribution is -0.143. The Labute approximate surface area is 128 Å². The van der Waals surface area contributed by atoms with Gasteiger partial charge in [-0.25, -0.2) is 8.42 Å². The Morgan fingerprint density at radius 3 is 2.00 bits per heavy atom. The van der Waals surface area contributed by atoms with E-state index in [1.165, 1.54) is 0 Å². The van der Waals surface area contributed by atoms with Crippen LogP contribution in [0.5, 0.6) is 0 Å². The Hall–Kier alpha value is -0.660. The highest BCUT2D eigenvalue weighted by molar-refractivity contribution is 7.88. The molecule has 6 nitrogen and oxygen atoms in total. The molecule has 0 aromatic heterocycles. The zero-order chi connectivity index (χ0) is 16.8. The number of hydrogen-bond acceptors (Lipinski definition) is 4. The van der Waals surface area contributed by atoms with Gasteiger partial charge in [0, 0.05) is 12.6 Å². The van der Waals surface area contributed by atoms with E-state index in [1.54, 1.807) is 14.1 Å². The van der Waals surface area contributed by atoms with Gasteiger partial charge in [-0.15, -0.1) is 0 Å². The average Bonchev–Trinajstić information content (AvgIpc) is 2.31. The van der Waals surface area contributed by atoms with Crippen molar-refractivity contribution in [1.82, 2.24) is 9.21 Å². The van der Waals surface area contributed by atoms with E-state index in [2.05, 4.69) is 13.8 Å². The zero-order valence-electron chi connectivity index (χ0n) is 14.0. The zero-order valence-corrected chi connectivity index (χ0v) is 14.9. The summed E-state index contributed by atoms with van der Waals surface area (Å²) in [6.45, 7) is 8.37. The standard InChI is InChI=1S/C14H28N2O4S/c1-13(2)8-10(15(5)6)11(12(17)18)16(21(7,19)20)9-14(13,3)4/h10-11H,8-9H2,1-7H3,(H,17,18). The second kappa shape index (κ2) is 5.52. The summed E-state index contributed by atoms with van der Waals surface area (Å²) >= 11 is 0. The molecule has 124 valence electrons. The van der Waals surface area contributed by atoms with Gasteiger partial charge in [0.05, 0.1) is 6.26 Å². The van der Waals surface area contributed by atoms with Gasteiger partial charge in [0.25, 0.3) is 0 Å². The van der Waals surface area contributed by atoms with Crippen LogP contribution in [0.15, 0.2) is 0 Å². The lowest BCUT2D eigenvalue weighted by Gasteiger charge is -2.42. The molecule has 1 rings (SSSR count). The van der Waals surface area contributed by atoms with E-state index < -0.39 is 22.0 Å². The quantitative estimate of drug-likeness (QED) is 0.842. The second-order valence-corrected chi connectivity index (χ2v) is 9.53. The van der Waals surface area contributed by atoms with Crippen LogP contribution in [-0.4, -0.2) is 67.7 Å². The number of hydrogen-bond donors (Lipinski definition) is 1. The minimum Gasteiger partial charge on any atom is -0.480 e. The molecule has 1 heterocycles. The Bertz CT molecular complexity index is 511. The maximum absolute atomic E-state index is 12.2. The van der Waals surface area contributed by atoms with Crippen molar-refractivity contribution in [1.29, 1.82) is 0 Å². The maximum atomic E-state index is 12.2. The summed E-state index contributed by atoms with van der Waals surface area (Å²) in [6, 6.07) is -1.43. The fraction of sp³-hybridized carbons (Fsp3) is 0.929. The van der Waals surface area contributed by atoms with E-state index >= 15 is 0 Å². The van der Waals surface area contributed by atoms with E-state index in [-0.39, 0.29) is 23.4 Å². The van der Waals surface area contributed by atoms with Crippen molar-refractivity contribution in [2.45, 2.75) is 46.2 Å². The third-order valence-corrected chi connectivity index (χ3v) is 6.33. The minimum absolute atomic E-state index is 0.185. The Balaban J connectivity index is 3.50. The predicted octanol–water partition coefficient (Wildman–Crippen LogP) is 1.09. The molecule has 21 heavy (non-hydrogen) atoms. The Kier molecular flexibility index (Phi) is 4.83. The summed E-state index contributed by atoms with van der Waals surface area (Å²) in [4.78, 5) is 13.6. The fourth-order valence-electron chi connectivity index (χ4n) is 2.88. The summed E-state index contributed by atoms with van der Waals surface area (Å²) in [5.41, 5.74) is -0.510. The predicted molar refractivity (Wildman–Crippen MR) is 82.6 cm³/mol. The monoisotopic (exact) mass is 320 g/mol. The highest BCUT2D eigenvalue weighted by atomic mass is 32.2. The molecule has 2 unspecified atom stereocenters. The molecule has 0 bridgehead atoms.